The third-order valence-corrected chi connectivity index (χ3v) is 4.55. The van der Waals surface area contributed by atoms with Crippen LogP contribution in [0.25, 0.3) is 0 Å². The van der Waals surface area contributed by atoms with Gasteiger partial charge < -0.3 is 20.4 Å². The number of aliphatic carboxylic acids is 1. The van der Waals surface area contributed by atoms with E-state index in [1.807, 2.05) is 0 Å². The van der Waals surface area contributed by atoms with Gasteiger partial charge in [-0.15, -0.1) is 0 Å². The highest BCUT2D eigenvalue weighted by molar-refractivity contribution is 5.86. The van der Waals surface area contributed by atoms with Crippen LogP contribution in [0.3, 0.4) is 0 Å². The highest BCUT2D eigenvalue weighted by Gasteiger charge is 2.49. The van der Waals surface area contributed by atoms with Gasteiger partial charge in [0.2, 0.25) is 0 Å². The minimum atomic E-state index is -1.19. The molecule has 1 aliphatic heterocycles. The average Bonchev–Trinajstić information content (AvgIpc) is 3.24. The summed E-state index contributed by atoms with van der Waals surface area (Å²) in [7, 11) is 0. The first-order valence-electron chi connectivity index (χ1n) is 7.42. The van der Waals surface area contributed by atoms with Gasteiger partial charge in [0.15, 0.2) is 0 Å². The smallest absolute Gasteiger partial charge is 0.329 e. The second-order valence-corrected chi connectivity index (χ2v) is 6.09. The standard InChI is InChI=1S/C14H24N2O4/c1-14(12(18)19,10-6-7-10)15-13(20)16-8-4-2-3-5-11(16)9-17/h10-11,17H,2-9H2,1H3,(H,15,20)(H,18,19). The van der Waals surface area contributed by atoms with Crippen LogP contribution in [0.1, 0.15) is 45.4 Å². The topological polar surface area (TPSA) is 89.9 Å². The Kier molecular flexibility index (Phi) is 4.52. The predicted octanol–water partition coefficient (Wildman–Crippen LogP) is 1.19. The highest BCUT2D eigenvalue weighted by Crippen LogP contribution is 2.40. The van der Waals surface area contributed by atoms with E-state index in [1.54, 1.807) is 11.8 Å². The summed E-state index contributed by atoms with van der Waals surface area (Å²) in [4.78, 5) is 25.5. The minimum Gasteiger partial charge on any atom is -0.480 e. The van der Waals surface area contributed by atoms with E-state index in [2.05, 4.69) is 5.32 Å². The number of carboxylic acids is 1. The quantitative estimate of drug-likeness (QED) is 0.723. The summed E-state index contributed by atoms with van der Waals surface area (Å²) in [6.07, 6.45) is 5.39. The van der Waals surface area contributed by atoms with Gasteiger partial charge in [-0.1, -0.05) is 12.8 Å². The van der Waals surface area contributed by atoms with Crippen LogP contribution in [-0.4, -0.2) is 51.8 Å². The first kappa shape index (κ1) is 15.1. The molecular formula is C14H24N2O4. The lowest BCUT2D eigenvalue weighted by atomic mass is 9.96. The number of hydrogen-bond acceptors (Lipinski definition) is 3. The molecule has 1 saturated heterocycles. The van der Waals surface area contributed by atoms with Gasteiger partial charge in [0.05, 0.1) is 12.6 Å². The van der Waals surface area contributed by atoms with Gasteiger partial charge in [-0.05, 0) is 38.5 Å². The summed E-state index contributed by atoms with van der Waals surface area (Å²) in [6, 6.07) is -0.558. The molecule has 20 heavy (non-hydrogen) atoms. The van der Waals surface area contributed by atoms with Gasteiger partial charge in [0.1, 0.15) is 5.54 Å². The van der Waals surface area contributed by atoms with Crippen LogP contribution >= 0.6 is 0 Å². The molecule has 1 aliphatic carbocycles. The van der Waals surface area contributed by atoms with Gasteiger partial charge in [-0.25, -0.2) is 9.59 Å². The van der Waals surface area contributed by atoms with Crippen molar-refractivity contribution in [2.45, 2.75) is 57.0 Å². The summed E-state index contributed by atoms with van der Waals surface area (Å²) in [5.74, 6) is -0.966. The molecule has 6 nitrogen and oxygen atoms in total. The zero-order valence-electron chi connectivity index (χ0n) is 12.0. The van der Waals surface area contributed by atoms with Crippen molar-refractivity contribution in [3.8, 4) is 0 Å². The molecule has 0 spiro atoms. The van der Waals surface area contributed by atoms with Gasteiger partial charge in [0.25, 0.3) is 0 Å². The number of aliphatic hydroxyl groups is 1. The molecule has 0 radical (unpaired) electrons. The number of hydrogen-bond donors (Lipinski definition) is 3. The van der Waals surface area contributed by atoms with E-state index in [0.717, 1.165) is 38.5 Å². The first-order valence-corrected chi connectivity index (χ1v) is 7.42. The Bertz CT molecular complexity index is 383. The van der Waals surface area contributed by atoms with E-state index < -0.39 is 11.5 Å². The van der Waals surface area contributed by atoms with Crippen molar-refractivity contribution >= 4 is 12.0 Å². The van der Waals surface area contributed by atoms with E-state index in [-0.39, 0.29) is 24.6 Å². The molecule has 0 aromatic rings. The maximum absolute atomic E-state index is 12.4. The third kappa shape index (κ3) is 3.06. The van der Waals surface area contributed by atoms with Crippen molar-refractivity contribution in [2.75, 3.05) is 13.2 Å². The van der Waals surface area contributed by atoms with Gasteiger partial charge in [0, 0.05) is 6.54 Å². The number of carboxylic acid groups (broad SMARTS) is 1. The SMILES string of the molecule is CC(NC(=O)N1CCCCCC1CO)(C(=O)O)C1CC1. The molecule has 114 valence electrons. The molecule has 6 heteroatoms. The van der Waals surface area contributed by atoms with Crippen molar-refractivity contribution in [1.29, 1.82) is 0 Å². The second-order valence-electron chi connectivity index (χ2n) is 6.09. The second kappa shape index (κ2) is 5.99. The largest absolute Gasteiger partial charge is 0.480 e. The molecule has 3 N–H and O–H groups in total. The minimum absolute atomic E-state index is 0.0171. The fourth-order valence-corrected chi connectivity index (χ4v) is 2.92. The fourth-order valence-electron chi connectivity index (χ4n) is 2.92. The summed E-state index contributed by atoms with van der Waals surface area (Å²) in [5, 5.41) is 21.5. The number of likely N-dealkylation sites (tertiary alicyclic amines) is 1. The van der Waals surface area contributed by atoms with E-state index in [9.17, 15) is 19.8 Å². The Hall–Kier alpha value is -1.30. The number of carbonyl (C=O) groups is 2. The van der Waals surface area contributed by atoms with Crippen LogP contribution in [0.5, 0.6) is 0 Å². The summed E-state index contributed by atoms with van der Waals surface area (Å²) < 4.78 is 0. The molecule has 2 amide bonds. The maximum Gasteiger partial charge on any atom is 0.329 e. The molecule has 0 aromatic heterocycles. The lowest BCUT2D eigenvalue weighted by molar-refractivity contribution is -0.144. The van der Waals surface area contributed by atoms with E-state index in [0.29, 0.717) is 6.54 Å². The van der Waals surface area contributed by atoms with Crippen LogP contribution in [0.4, 0.5) is 4.79 Å². The molecule has 1 heterocycles. The third-order valence-electron chi connectivity index (χ3n) is 4.55. The van der Waals surface area contributed by atoms with E-state index in [1.165, 1.54) is 0 Å². The Labute approximate surface area is 119 Å². The Balaban J connectivity index is 2.06. The first-order chi connectivity index (χ1) is 9.49. The number of rotatable bonds is 4. The molecule has 1 saturated carbocycles. The molecule has 2 atom stereocenters. The van der Waals surface area contributed by atoms with Crippen molar-refractivity contribution in [2.24, 2.45) is 5.92 Å². The Morgan fingerprint density at radius 3 is 2.50 bits per heavy atom. The molecule has 2 fully saturated rings. The number of carbonyl (C=O) groups excluding carboxylic acids is 1. The van der Waals surface area contributed by atoms with Gasteiger partial charge in [-0.3, -0.25) is 0 Å². The van der Waals surface area contributed by atoms with Crippen LogP contribution < -0.4 is 5.32 Å². The van der Waals surface area contributed by atoms with Crippen LogP contribution in [0.15, 0.2) is 0 Å². The van der Waals surface area contributed by atoms with Crippen LogP contribution in [-0.2, 0) is 4.79 Å². The molecule has 2 aliphatic rings. The van der Waals surface area contributed by atoms with Crippen LogP contribution in [0, 0.1) is 5.92 Å². The summed E-state index contributed by atoms with van der Waals surface area (Å²) in [6.45, 7) is 2.09. The van der Waals surface area contributed by atoms with Crippen molar-refractivity contribution in [1.82, 2.24) is 10.2 Å². The number of aliphatic hydroxyl groups excluding tert-OH is 1. The molecule has 0 aromatic carbocycles. The lowest BCUT2D eigenvalue weighted by Gasteiger charge is -2.33. The van der Waals surface area contributed by atoms with Crippen molar-refractivity contribution in [3.05, 3.63) is 0 Å². The van der Waals surface area contributed by atoms with Gasteiger partial charge >= 0.3 is 12.0 Å². The number of amides is 2. The lowest BCUT2D eigenvalue weighted by Crippen LogP contribution is -2.59. The van der Waals surface area contributed by atoms with Crippen molar-refractivity contribution < 1.29 is 19.8 Å². The number of nitrogens with one attached hydrogen (secondary N) is 1. The monoisotopic (exact) mass is 284 g/mol. The number of urea groups is 1. The van der Waals surface area contributed by atoms with Crippen molar-refractivity contribution in [3.63, 3.8) is 0 Å². The van der Waals surface area contributed by atoms with E-state index >= 15 is 0 Å². The molecule has 2 rings (SSSR count). The number of nitrogens with zero attached hydrogens (tertiary/aromatic N) is 1. The zero-order valence-corrected chi connectivity index (χ0v) is 12.0. The molecular weight excluding hydrogens is 260 g/mol. The maximum atomic E-state index is 12.4. The average molecular weight is 284 g/mol. The summed E-state index contributed by atoms with van der Waals surface area (Å²) in [5.41, 5.74) is -1.19. The normalized spacial score (nSPS) is 26.5. The van der Waals surface area contributed by atoms with Crippen LogP contribution in [0.2, 0.25) is 0 Å². The highest BCUT2D eigenvalue weighted by atomic mass is 16.4. The zero-order chi connectivity index (χ0) is 14.8. The summed E-state index contributed by atoms with van der Waals surface area (Å²) >= 11 is 0. The molecule has 0 bridgehead atoms. The van der Waals surface area contributed by atoms with E-state index in [4.69, 9.17) is 0 Å². The Morgan fingerprint density at radius 2 is 1.95 bits per heavy atom. The Morgan fingerprint density at radius 1 is 1.25 bits per heavy atom. The fraction of sp³-hybridized carbons (Fsp3) is 0.857. The molecule has 2 unspecified atom stereocenters. The predicted molar refractivity (Wildman–Crippen MR) is 73.3 cm³/mol. The van der Waals surface area contributed by atoms with Gasteiger partial charge in [-0.2, -0.15) is 0 Å².